The number of ether oxygens (including phenoxy) is 1. The Balaban J connectivity index is 2.49. The first-order valence-corrected chi connectivity index (χ1v) is 7.76. The van der Waals surface area contributed by atoms with Crippen LogP contribution in [0.15, 0.2) is 0 Å². The normalized spacial score (nSPS) is 23.9. The minimum Gasteiger partial charge on any atom is -0.377 e. The lowest BCUT2D eigenvalue weighted by atomic mass is 10.1. The van der Waals surface area contributed by atoms with Gasteiger partial charge in [-0.15, -0.1) is 0 Å². The van der Waals surface area contributed by atoms with Crippen LogP contribution in [0, 0.1) is 5.92 Å². The molecule has 1 heterocycles. The van der Waals surface area contributed by atoms with E-state index in [1.807, 2.05) is 20.9 Å². The van der Waals surface area contributed by atoms with Gasteiger partial charge in [-0.1, -0.05) is 13.8 Å². The van der Waals surface area contributed by atoms with E-state index in [2.05, 4.69) is 5.32 Å². The van der Waals surface area contributed by atoms with Crippen molar-refractivity contribution in [3.05, 3.63) is 0 Å². The lowest BCUT2D eigenvalue weighted by molar-refractivity contribution is 0.127. The molecule has 1 aliphatic heterocycles. The van der Waals surface area contributed by atoms with E-state index < -0.39 is 9.84 Å². The highest BCUT2D eigenvalue weighted by molar-refractivity contribution is 7.91. The van der Waals surface area contributed by atoms with Crippen LogP contribution in [0.2, 0.25) is 0 Å². The zero-order chi connectivity index (χ0) is 12.2. The highest BCUT2D eigenvalue weighted by atomic mass is 32.2. The minimum atomic E-state index is -3.01. The molecule has 0 saturated carbocycles. The van der Waals surface area contributed by atoms with Crippen LogP contribution in [0.4, 0.5) is 0 Å². The predicted octanol–water partition coefficient (Wildman–Crippen LogP) is 0.824. The van der Waals surface area contributed by atoms with E-state index in [4.69, 9.17) is 4.74 Å². The number of nitrogens with one attached hydrogen (secondary N) is 1. The number of hydrogen-bond donors (Lipinski definition) is 1. The zero-order valence-electron chi connectivity index (χ0n) is 10.4. The van der Waals surface area contributed by atoms with Gasteiger partial charge in [0.1, 0.15) is 0 Å². The predicted molar refractivity (Wildman–Crippen MR) is 65.3 cm³/mol. The van der Waals surface area contributed by atoms with E-state index in [0.717, 1.165) is 12.8 Å². The van der Waals surface area contributed by atoms with E-state index in [1.54, 1.807) is 0 Å². The van der Waals surface area contributed by atoms with Gasteiger partial charge in [0.15, 0.2) is 9.84 Å². The van der Waals surface area contributed by atoms with Crippen molar-refractivity contribution in [3.63, 3.8) is 0 Å². The Labute approximate surface area is 98.7 Å². The highest BCUT2D eigenvalue weighted by Gasteiger charge is 2.26. The van der Waals surface area contributed by atoms with Crippen LogP contribution in [-0.4, -0.2) is 45.7 Å². The molecule has 1 aliphatic rings. The Hall–Kier alpha value is -0.130. The maximum atomic E-state index is 11.9. The van der Waals surface area contributed by atoms with Crippen molar-refractivity contribution in [1.29, 1.82) is 0 Å². The van der Waals surface area contributed by atoms with E-state index in [1.165, 1.54) is 0 Å². The van der Waals surface area contributed by atoms with Gasteiger partial charge in [-0.2, -0.15) is 0 Å². The molecule has 16 heavy (non-hydrogen) atoms. The average Bonchev–Trinajstić information content (AvgIpc) is 2.65. The molecule has 0 radical (unpaired) electrons. The molecule has 0 aromatic heterocycles. The first-order valence-electron chi connectivity index (χ1n) is 5.94. The van der Waals surface area contributed by atoms with Crippen molar-refractivity contribution in [2.24, 2.45) is 5.92 Å². The molecule has 1 rings (SSSR count). The molecule has 0 bridgehead atoms. The van der Waals surface area contributed by atoms with E-state index in [9.17, 15) is 8.42 Å². The largest absolute Gasteiger partial charge is 0.377 e. The average molecular weight is 249 g/mol. The van der Waals surface area contributed by atoms with Crippen LogP contribution in [0.25, 0.3) is 0 Å². The SMILES string of the molecule is CNC(CS(=O)(=O)CC1CCCO1)C(C)C. The van der Waals surface area contributed by atoms with Crippen molar-refractivity contribution in [3.8, 4) is 0 Å². The quantitative estimate of drug-likeness (QED) is 0.757. The van der Waals surface area contributed by atoms with Crippen LogP contribution in [0.5, 0.6) is 0 Å². The Morgan fingerprint density at radius 1 is 1.44 bits per heavy atom. The third-order valence-electron chi connectivity index (χ3n) is 3.07. The first-order chi connectivity index (χ1) is 7.44. The van der Waals surface area contributed by atoms with E-state index in [0.29, 0.717) is 12.5 Å². The van der Waals surface area contributed by atoms with Gasteiger partial charge in [-0.3, -0.25) is 0 Å². The van der Waals surface area contributed by atoms with Gasteiger partial charge in [0.25, 0.3) is 0 Å². The van der Waals surface area contributed by atoms with Gasteiger partial charge in [0, 0.05) is 12.6 Å². The van der Waals surface area contributed by atoms with Crippen LogP contribution in [0.1, 0.15) is 26.7 Å². The van der Waals surface area contributed by atoms with Gasteiger partial charge in [-0.05, 0) is 25.8 Å². The fourth-order valence-corrected chi connectivity index (χ4v) is 4.07. The monoisotopic (exact) mass is 249 g/mol. The lowest BCUT2D eigenvalue weighted by Crippen LogP contribution is -2.39. The second-order valence-electron chi connectivity index (χ2n) is 4.85. The summed E-state index contributed by atoms with van der Waals surface area (Å²) in [6.45, 7) is 4.77. The third kappa shape index (κ3) is 4.39. The summed E-state index contributed by atoms with van der Waals surface area (Å²) >= 11 is 0. The van der Waals surface area contributed by atoms with Crippen molar-refractivity contribution < 1.29 is 13.2 Å². The number of hydrogen-bond acceptors (Lipinski definition) is 4. The Bertz CT molecular complexity index is 294. The first kappa shape index (κ1) is 13.9. The Morgan fingerprint density at radius 2 is 2.12 bits per heavy atom. The maximum Gasteiger partial charge on any atom is 0.154 e. The molecule has 0 aromatic rings. The molecule has 1 saturated heterocycles. The molecule has 0 spiro atoms. The van der Waals surface area contributed by atoms with Crippen molar-refractivity contribution in [2.75, 3.05) is 25.2 Å². The summed E-state index contributed by atoms with van der Waals surface area (Å²) in [5.74, 6) is 0.711. The van der Waals surface area contributed by atoms with Crippen LogP contribution in [-0.2, 0) is 14.6 Å². The standard InChI is InChI=1S/C11H23NO3S/c1-9(2)11(12-3)8-16(13,14)7-10-5-4-6-15-10/h9-12H,4-8H2,1-3H3. The second-order valence-corrected chi connectivity index (χ2v) is 7.00. The maximum absolute atomic E-state index is 11.9. The molecule has 0 amide bonds. The van der Waals surface area contributed by atoms with Gasteiger partial charge >= 0.3 is 0 Å². The van der Waals surface area contributed by atoms with Gasteiger partial charge in [0.2, 0.25) is 0 Å². The van der Waals surface area contributed by atoms with Crippen LogP contribution in [0.3, 0.4) is 0 Å². The molecule has 0 aliphatic carbocycles. The summed E-state index contributed by atoms with van der Waals surface area (Å²) in [6, 6.07) is 0.0337. The summed E-state index contributed by atoms with van der Waals surface area (Å²) in [4.78, 5) is 0. The molecule has 1 fully saturated rings. The van der Waals surface area contributed by atoms with E-state index in [-0.39, 0.29) is 23.7 Å². The summed E-state index contributed by atoms with van der Waals surface area (Å²) in [6.07, 6.45) is 1.79. The van der Waals surface area contributed by atoms with E-state index >= 15 is 0 Å². The van der Waals surface area contributed by atoms with Gasteiger partial charge < -0.3 is 10.1 Å². The fourth-order valence-electron chi connectivity index (χ4n) is 2.01. The fraction of sp³-hybridized carbons (Fsp3) is 1.00. The Morgan fingerprint density at radius 3 is 2.56 bits per heavy atom. The van der Waals surface area contributed by atoms with Gasteiger partial charge in [0.05, 0.1) is 17.6 Å². The van der Waals surface area contributed by atoms with Crippen LogP contribution < -0.4 is 5.32 Å². The molecule has 2 atom stereocenters. The second kappa shape index (κ2) is 5.98. The minimum absolute atomic E-state index is 0.0337. The zero-order valence-corrected chi connectivity index (χ0v) is 11.2. The summed E-state index contributed by atoms with van der Waals surface area (Å²) < 4.78 is 29.2. The summed E-state index contributed by atoms with van der Waals surface area (Å²) in [7, 11) is -1.20. The highest BCUT2D eigenvalue weighted by Crippen LogP contribution is 2.15. The van der Waals surface area contributed by atoms with Gasteiger partial charge in [-0.25, -0.2) is 8.42 Å². The molecular weight excluding hydrogens is 226 g/mol. The van der Waals surface area contributed by atoms with Crippen LogP contribution >= 0.6 is 0 Å². The van der Waals surface area contributed by atoms with Crippen molar-refractivity contribution in [1.82, 2.24) is 5.32 Å². The van der Waals surface area contributed by atoms with Crippen molar-refractivity contribution in [2.45, 2.75) is 38.8 Å². The molecule has 5 heteroatoms. The van der Waals surface area contributed by atoms with Crippen molar-refractivity contribution >= 4 is 9.84 Å². The molecule has 4 nitrogen and oxygen atoms in total. The summed E-state index contributed by atoms with van der Waals surface area (Å²) in [5, 5.41) is 3.06. The number of rotatable bonds is 6. The third-order valence-corrected chi connectivity index (χ3v) is 4.82. The smallest absolute Gasteiger partial charge is 0.154 e. The molecular formula is C11H23NO3S. The molecule has 2 unspecified atom stereocenters. The molecule has 96 valence electrons. The summed E-state index contributed by atoms with van der Waals surface area (Å²) in [5.41, 5.74) is 0. The lowest BCUT2D eigenvalue weighted by Gasteiger charge is -2.20. The molecule has 0 aromatic carbocycles. The number of sulfone groups is 1. The topological polar surface area (TPSA) is 55.4 Å². The Kier molecular flexibility index (Phi) is 5.21. The molecule has 1 N–H and O–H groups in total.